The number of nitrogens with one attached hydrogen (secondary N) is 1. The van der Waals surface area contributed by atoms with E-state index < -0.39 is 10.0 Å². The zero-order chi connectivity index (χ0) is 22.4. The molecule has 0 aliphatic heterocycles. The van der Waals surface area contributed by atoms with Gasteiger partial charge in [0.1, 0.15) is 6.54 Å². The largest absolute Gasteiger partial charge is 0.354 e. The zero-order valence-corrected chi connectivity index (χ0v) is 19.9. The number of benzene rings is 3. The summed E-state index contributed by atoms with van der Waals surface area (Å²) in [5.74, 6) is -0.249. The summed E-state index contributed by atoms with van der Waals surface area (Å²) in [6, 6.07) is 23.3. The Morgan fingerprint density at radius 3 is 2.19 bits per heavy atom. The summed E-state index contributed by atoms with van der Waals surface area (Å²) in [7, 11) is -3.91. The molecule has 0 aliphatic rings. The highest BCUT2D eigenvalue weighted by atomic mass is 79.9. The van der Waals surface area contributed by atoms with Crippen molar-refractivity contribution in [3.63, 3.8) is 0 Å². The van der Waals surface area contributed by atoms with Gasteiger partial charge in [0.05, 0.1) is 10.6 Å². The van der Waals surface area contributed by atoms with E-state index in [9.17, 15) is 13.2 Å². The topological polar surface area (TPSA) is 66.5 Å². The van der Waals surface area contributed by atoms with Gasteiger partial charge in [-0.3, -0.25) is 9.10 Å². The summed E-state index contributed by atoms with van der Waals surface area (Å²) in [6.07, 6.45) is 0. The van der Waals surface area contributed by atoms with Crippen LogP contribution in [0.1, 0.15) is 24.0 Å². The van der Waals surface area contributed by atoms with Gasteiger partial charge in [-0.15, -0.1) is 0 Å². The highest BCUT2D eigenvalue weighted by Gasteiger charge is 2.27. The van der Waals surface area contributed by atoms with Crippen molar-refractivity contribution in [1.29, 1.82) is 0 Å². The van der Waals surface area contributed by atoms with Gasteiger partial charge in [-0.05, 0) is 54.8 Å². The second kappa shape index (κ2) is 10.1. The van der Waals surface area contributed by atoms with Gasteiger partial charge in [0, 0.05) is 11.0 Å². The summed E-state index contributed by atoms with van der Waals surface area (Å²) < 4.78 is 28.7. The normalized spacial score (nSPS) is 12.2. The van der Waals surface area contributed by atoms with E-state index in [1.54, 1.807) is 48.5 Å². The first-order valence-electron chi connectivity index (χ1n) is 9.94. The maximum Gasteiger partial charge on any atom is 0.264 e. The molecule has 0 aliphatic carbocycles. The minimum Gasteiger partial charge on any atom is -0.354 e. The number of halogens is 1. The van der Waals surface area contributed by atoms with Crippen LogP contribution in [0.2, 0.25) is 0 Å². The highest BCUT2D eigenvalue weighted by molar-refractivity contribution is 9.10. The van der Waals surface area contributed by atoms with Gasteiger partial charge < -0.3 is 5.32 Å². The van der Waals surface area contributed by atoms with Gasteiger partial charge >= 0.3 is 0 Å². The molecule has 3 rings (SSSR count). The van der Waals surface area contributed by atoms with Crippen LogP contribution in [-0.2, 0) is 14.8 Å². The average Bonchev–Trinajstić information content (AvgIpc) is 2.77. The summed E-state index contributed by atoms with van der Waals surface area (Å²) >= 11 is 3.36. The molecule has 0 radical (unpaired) electrons. The van der Waals surface area contributed by atoms with Crippen LogP contribution in [0.3, 0.4) is 0 Å². The number of aryl methyl sites for hydroxylation is 1. The van der Waals surface area contributed by atoms with Gasteiger partial charge in [-0.25, -0.2) is 8.42 Å². The fourth-order valence-electron chi connectivity index (χ4n) is 3.11. The molecule has 0 aromatic heterocycles. The molecule has 31 heavy (non-hydrogen) atoms. The van der Waals surface area contributed by atoms with Crippen molar-refractivity contribution in [2.45, 2.75) is 24.7 Å². The third-order valence-electron chi connectivity index (χ3n) is 4.98. The molecule has 1 N–H and O–H groups in total. The zero-order valence-electron chi connectivity index (χ0n) is 17.5. The first kappa shape index (κ1) is 23.0. The third kappa shape index (κ3) is 5.95. The van der Waals surface area contributed by atoms with Crippen molar-refractivity contribution in [3.8, 4) is 0 Å². The number of anilines is 1. The van der Waals surface area contributed by atoms with Crippen LogP contribution in [0.5, 0.6) is 0 Å². The fourth-order valence-corrected chi connectivity index (χ4v) is 4.80. The maximum absolute atomic E-state index is 13.4. The Hall–Kier alpha value is -2.64. The molecule has 0 bridgehead atoms. The van der Waals surface area contributed by atoms with E-state index in [4.69, 9.17) is 0 Å². The lowest BCUT2D eigenvalue weighted by Gasteiger charge is -2.24. The molecule has 162 valence electrons. The first-order valence-corrected chi connectivity index (χ1v) is 12.2. The molecule has 3 aromatic rings. The molecule has 0 saturated carbocycles. The number of rotatable bonds is 8. The summed E-state index contributed by atoms with van der Waals surface area (Å²) in [5.41, 5.74) is 2.50. The van der Waals surface area contributed by atoms with Crippen LogP contribution in [0.4, 0.5) is 5.69 Å². The highest BCUT2D eigenvalue weighted by Crippen LogP contribution is 2.25. The quantitative estimate of drug-likeness (QED) is 0.479. The summed E-state index contributed by atoms with van der Waals surface area (Å²) in [6.45, 7) is 4.02. The second-order valence-electron chi connectivity index (χ2n) is 7.42. The van der Waals surface area contributed by atoms with E-state index >= 15 is 0 Å². The molecule has 0 spiro atoms. The Morgan fingerprint density at radius 2 is 1.58 bits per heavy atom. The number of amides is 1. The molecular formula is C24H25BrN2O3S. The number of sulfonamides is 1. The van der Waals surface area contributed by atoms with Crippen molar-refractivity contribution < 1.29 is 13.2 Å². The monoisotopic (exact) mass is 500 g/mol. The molecular weight excluding hydrogens is 476 g/mol. The van der Waals surface area contributed by atoms with Gasteiger partial charge in [0.2, 0.25) is 5.91 Å². The molecule has 1 amide bonds. The Morgan fingerprint density at radius 1 is 0.968 bits per heavy atom. The first-order chi connectivity index (χ1) is 14.8. The number of carbonyl (C=O) groups is 1. The van der Waals surface area contributed by atoms with Crippen LogP contribution >= 0.6 is 15.9 Å². The van der Waals surface area contributed by atoms with Crippen molar-refractivity contribution in [2.75, 3.05) is 17.4 Å². The number of hydrogen-bond donors (Lipinski definition) is 1. The van der Waals surface area contributed by atoms with Gasteiger partial charge in [0.25, 0.3) is 10.0 Å². The Labute approximate surface area is 192 Å². The predicted molar refractivity (Wildman–Crippen MR) is 128 cm³/mol. The van der Waals surface area contributed by atoms with Gasteiger partial charge in [0.15, 0.2) is 0 Å². The van der Waals surface area contributed by atoms with Gasteiger partial charge in [-0.2, -0.15) is 0 Å². The lowest BCUT2D eigenvalue weighted by molar-refractivity contribution is -0.119. The SMILES string of the molecule is Cc1ccc(S(=O)(=O)N(CC(=O)NC[C@H](C)c2ccccc2)c2ccc(Br)cc2)cc1. The Bertz CT molecular complexity index is 1120. The second-order valence-corrected chi connectivity index (χ2v) is 10.2. The van der Waals surface area contributed by atoms with Crippen LogP contribution in [-0.4, -0.2) is 27.4 Å². The van der Waals surface area contributed by atoms with Crippen molar-refractivity contribution >= 4 is 37.5 Å². The van der Waals surface area contributed by atoms with Crippen LogP contribution in [0, 0.1) is 6.92 Å². The molecule has 1 atom stereocenters. The lowest BCUT2D eigenvalue weighted by Crippen LogP contribution is -2.41. The molecule has 0 heterocycles. The summed E-state index contributed by atoms with van der Waals surface area (Å²) in [5, 5.41) is 2.87. The molecule has 3 aromatic carbocycles. The Kier molecular flexibility index (Phi) is 7.51. The van der Waals surface area contributed by atoms with Crippen molar-refractivity contribution in [2.24, 2.45) is 0 Å². The van der Waals surface area contributed by atoms with E-state index in [-0.39, 0.29) is 23.3 Å². The minimum absolute atomic E-state index is 0.111. The molecule has 7 heteroatoms. The van der Waals surface area contributed by atoms with E-state index in [1.165, 1.54) is 0 Å². The van der Waals surface area contributed by atoms with Crippen molar-refractivity contribution in [3.05, 3.63) is 94.5 Å². The van der Waals surface area contributed by atoms with E-state index in [2.05, 4.69) is 21.2 Å². The molecule has 0 fully saturated rings. The average molecular weight is 501 g/mol. The fraction of sp³-hybridized carbons (Fsp3) is 0.208. The summed E-state index contributed by atoms with van der Waals surface area (Å²) in [4.78, 5) is 12.9. The van der Waals surface area contributed by atoms with Gasteiger partial charge in [-0.1, -0.05) is 70.9 Å². The number of carbonyl (C=O) groups excluding carboxylic acids is 1. The molecule has 0 saturated heterocycles. The predicted octanol–water partition coefficient (Wildman–Crippen LogP) is 4.87. The maximum atomic E-state index is 13.4. The standard InChI is InChI=1S/C24H25BrN2O3S/c1-18-8-14-23(15-9-18)31(29,30)27(22-12-10-21(25)11-13-22)17-24(28)26-16-19(2)20-6-4-3-5-7-20/h3-15,19H,16-17H2,1-2H3,(H,26,28)/t19-/m0/s1. The van der Waals surface area contributed by atoms with Crippen LogP contribution in [0.25, 0.3) is 0 Å². The van der Waals surface area contributed by atoms with Crippen LogP contribution < -0.4 is 9.62 Å². The number of hydrogen-bond acceptors (Lipinski definition) is 3. The van der Waals surface area contributed by atoms with E-state index in [1.807, 2.05) is 44.2 Å². The smallest absolute Gasteiger partial charge is 0.264 e. The lowest BCUT2D eigenvalue weighted by atomic mass is 10.0. The molecule has 5 nitrogen and oxygen atoms in total. The van der Waals surface area contributed by atoms with Crippen LogP contribution in [0.15, 0.2) is 88.2 Å². The minimum atomic E-state index is -3.91. The van der Waals surface area contributed by atoms with Crippen molar-refractivity contribution in [1.82, 2.24) is 5.32 Å². The Balaban J connectivity index is 1.80. The third-order valence-corrected chi connectivity index (χ3v) is 7.30. The van der Waals surface area contributed by atoms with E-state index in [0.29, 0.717) is 12.2 Å². The van der Waals surface area contributed by atoms with E-state index in [0.717, 1.165) is 19.9 Å². The molecule has 0 unspecified atom stereocenters. The number of nitrogens with zero attached hydrogens (tertiary/aromatic N) is 1.